The van der Waals surface area contributed by atoms with Crippen molar-refractivity contribution in [2.24, 2.45) is 4.99 Å². The third-order valence-electron chi connectivity index (χ3n) is 3.66. The van der Waals surface area contributed by atoms with Crippen LogP contribution in [-0.4, -0.2) is 101 Å². The summed E-state index contributed by atoms with van der Waals surface area (Å²) in [6, 6.07) is 0. The lowest BCUT2D eigenvalue weighted by Crippen LogP contribution is -2.45. The molecule has 0 aromatic rings. The van der Waals surface area contributed by atoms with Crippen LogP contribution in [0.1, 0.15) is 13.3 Å². The van der Waals surface area contributed by atoms with Gasteiger partial charge in [-0.2, -0.15) is 0 Å². The van der Waals surface area contributed by atoms with Gasteiger partial charge >= 0.3 is 0 Å². The average Bonchev–Trinajstić information content (AvgIpc) is 2.59. The summed E-state index contributed by atoms with van der Waals surface area (Å²) in [5, 5.41) is 6.55. The van der Waals surface area contributed by atoms with Crippen LogP contribution in [0.15, 0.2) is 4.99 Å². The highest BCUT2D eigenvalue weighted by atomic mass is 16.5. The zero-order valence-electron chi connectivity index (χ0n) is 15.3. The van der Waals surface area contributed by atoms with Crippen molar-refractivity contribution in [3.8, 4) is 0 Å². The van der Waals surface area contributed by atoms with Crippen LogP contribution < -0.4 is 10.6 Å². The molecule has 8 heteroatoms. The summed E-state index contributed by atoms with van der Waals surface area (Å²) in [6.45, 7) is 9.60. The van der Waals surface area contributed by atoms with Crippen molar-refractivity contribution in [2.45, 2.75) is 13.3 Å². The fourth-order valence-corrected chi connectivity index (χ4v) is 2.14. The predicted octanol–water partition coefficient (Wildman–Crippen LogP) is -0.631. The van der Waals surface area contributed by atoms with E-state index in [1.807, 2.05) is 6.92 Å². The number of amides is 1. The highest BCUT2D eigenvalue weighted by molar-refractivity contribution is 5.84. The van der Waals surface area contributed by atoms with Crippen LogP contribution in [0.25, 0.3) is 0 Å². The number of nitrogens with zero attached hydrogens (tertiary/aromatic N) is 3. The molecule has 1 heterocycles. The normalized spacial score (nSPS) is 16.0. The van der Waals surface area contributed by atoms with E-state index >= 15 is 0 Å². The Labute approximate surface area is 145 Å². The molecule has 1 fully saturated rings. The molecule has 0 saturated carbocycles. The van der Waals surface area contributed by atoms with Gasteiger partial charge in [0.05, 0.1) is 13.2 Å². The molecule has 1 amide bonds. The number of morpholine rings is 1. The zero-order chi connectivity index (χ0) is 17.6. The van der Waals surface area contributed by atoms with Gasteiger partial charge in [0.1, 0.15) is 6.54 Å². The minimum absolute atomic E-state index is 0.0152. The summed E-state index contributed by atoms with van der Waals surface area (Å²) in [4.78, 5) is 20.0. The van der Waals surface area contributed by atoms with Crippen LogP contribution in [-0.2, 0) is 14.3 Å². The Morgan fingerprint density at radius 2 is 1.96 bits per heavy atom. The van der Waals surface area contributed by atoms with Crippen molar-refractivity contribution < 1.29 is 14.3 Å². The van der Waals surface area contributed by atoms with Crippen LogP contribution in [0, 0.1) is 0 Å². The molecule has 0 bridgehead atoms. The van der Waals surface area contributed by atoms with Crippen LogP contribution >= 0.6 is 0 Å². The van der Waals surface area contributed by atoms with Crippen molar-refractivity contribution >= 4 is 11.9 Å². The van der Waals surface area contributed by atoms with Crippen molar-refractivity contribution in [1.29, 1.82) is 0 Å². The van der Waals surface area contributed by atoms with Gasteiger partial charge < -0.3 is 25.0 Å². The van der Waals surface area contributed by atoms with Crippen molar-refractivity contribution in [3.63, 3.8) is 0 Å². The quantitative estimate of drug-likeness (QED) is 0.312. The van der Waals surface area contributed by atoms with Crippen LogP contribution in [0.3, 0.4) is 0 Å². The molecular formula is C16H33N5O3. The lowest BCUT2D eigenvalue weighted by molar-refractivity contribution is -0.127. The lowest BCUT2D eigenvalue weighted by Gasteiger charge is -2.26. The smallest absolute Gasteiger partial charge is 0.243 e. The predicted molar refractivity (Wildman–Crippen MR) is 95.4 cm³/mol. The van der Waals surface area contributed by atoms with E-state index in [0.717, 1.165) is 65.6 Å². The summed E-state index contributed by atoms with van der Waals surface area (Å²) in [6.07, 6.45) is 0.902. The Kier molecular flexibility index (Phi) is 11.2. The number of hydrogen-bond acceptors (Lipinski definition) is 5. The molecule has 0 unspecified atom stereocenters. The molecule has 1 aliphatic heterocycles. The first kappa shape index (κ1) is 20.7. The van der Waals surface area contributed by atoms with Crippen molar-refractivity contribution in [2.75, 3.05) is 79.8 Å². The topological polar surface area (TPSA) is 78.4 Å². The number of likely N-dealkylation sites (N-methyl/N-ethyl adjacent to an activating group) is 1. The molecule has 1 aliphatic rings. The number of ether oxygens (including phenoxy) is 2. The summed E-state index contributed by atoms with van der Waals surface area (Å²) in [5.41, 5.74) is 0. The number of guanidine groups is 1. The highest BCUT2D eigenvalue weighted by Gasteiger charge is 2.10. The van der Waals surface area contributed by atoms with Crippen molar-refractivity contribution in [1.82, 2.24) is 20.4 Å². The van der Waals surface area contributed by atoms with Gasteiger partial charge in [-0.3, -0.25) is 9.69 Å². The third-order valence-corrected chi connectivity index (χ3v) is 3.66. The van der Waals surface area contributed by atoms with Gasteiger partial charge in [0.15, 0.2) is 5.96 Å². The SMILES string of the molecule is CCOCCCNC(=NCC(=O)N(C)C)NCCN1CCOCC1. The number of carbonyl (C=O) groups excluding carboxylic acids is 1. The number of aliphatic imine (C=N–C) groups is 1. The van der Waals surface area contributed by atoms with Crippen LogP contribution in [0.2, 0.25) is 0 Å². The van der Waals surface area contributed by atoms with Crippen molar-refractivity contribution in [3.05, 3.63) is 0 Å². The third kappa shape index (κ3) is 9.69. The largest absolute Gasteiger partial charge is 0.382 e. The van der Waals surface area contributed by atoms with E-state index in [1.165, 1.54) is 0 Å². The molecular weight excluding hydrogens is 310 g/mol. The molecule has 140 valence electrons. The monoisotopic (exact) mass is 343 g/mol. The van der Waals surface area contributed by atoms with Gasteiger partial charge in [0.2, 0.25) is 5.91 Å². The Balaban J connectivity index is 2.34. The van der Waals surface area contributed by atoms with Gasteiger partial charge in [-0.15, -0.1) is 0 Å². The first-order valence-electron chi connectivity index (χ1n) is 8.73. The molecule has 24 heavy (non-hydrogen) atoms. The first-order chi connectivity index (χ1) is 11.6. The van der Waals surface area contributed by atoms with E-state index in [-0.39, 0.29) is 12.5 Å². The Morgan fingerprint density at radius 3 is 2.62 bits per heavy atom. The molecule has 0 atom stereocenters. The average molecular weight is 343 g/mol. The fraction of sp³-hybridized carbons (Fsp3) is 0.875. The number of nitrogens with one attached hydrogen (secondary N) is 2. The van der Waals surface area contributed by atoms with E-state index in [0.29, 0.717) is 5.96 Å². The second kappa shape index (κ2) is 13.0. The molecule has 2 N–H and O–H groups in total. The molecule has 8 nitrogen and oxygen atoms in total. The number of carbonyl (C=O) groups is 1. The molecule has 0 aromatic heterocycles. The molecule has 0 aromatic carbocycles. The van der Waals surface area contributed by atoms with Crippen LogP contribution in [0.5, 0.6) is 0 Å². The second-order valence-electron chi connectivity index (χ2n) is 5.81. The fourth-order valence-electron chi connectivity index (χ4n) is 2.14. The van der Waals surface area contributed by atoms with E-state index in [1.54, 1.807) is 19.0 Å². The number of rotatable bonds is 10. The second-order valence-corrected chi connectivity index (χ2v) is 5.81. The Hall–Kier alpha value is -1.38. The van der Waals surface area contributed by atoms with Gasteiger partial charge in [0.25, 0.3) is 0 Å². The van der Waals surface area contributed by atoms with Gasteiger partial charge in [-0.05, 0) is 13.3 Å². The Morgan fingerprint density at radius 1 is 1.25 bits per heavy atom. The van der Waals surface area contributed by atoms with E-state index < -0.39 is 0 Å². The molecule has 0 aliphatic carbocycles. The molecule has 1 saturated heterocycles. The minimum atomic E-state index is -0.0152. The van der Waals surface area contributed by atoms with E-state index in [4.69, 9.17) is 9.47 Å². The highest BCUT2D eigenvalue weighted by Crippen LogP contribution is 1.94. The molecule has 0 spiro atoms. The molecule has 1 rings (SSSR count). The maximum Gasteiger partial charge on any atom is 0.243 e. The maximum atomic E-state index is 11.7. The standard InChI is InChI=1S/C16H33N5O3/c1-4-23-11-5-6-17-16(19-14-15(22)20(2)3)18-7-8-21-9-12-24-13-10-21/h4-14H2,1-3H3,(H2,17,18,19). The summed E-state index contributed by atoms with van der Waals surface area (Å²) in [5.74, 6) is 0.661. The minimum Gasteiger partial charge on any atom is -0.382 e. The molecule has 0 radical (unpaired) electrons. The lowest BCUT2D eigenvalue weighted by atomic mass is 10.4. The Bertz CT molecular complexity index is 371. The van der Waals surface area contributed by atoms with E-state index in [2.05, 4.69) is 20.5 Å². The first-order valence-corrected chi connectivity index (χ1v) is 8.73. The van der Waals surface area contributed by atoms with E-state index in [9.17, 15) is 4.79 Å². The van der Waals surface area contributed by atoms with Gasteiger partial charge in [-0.25, -0.2) is 4.99 Å². The van der Waals surface area contributed by atoms with Crippen LogP contribution in [0.4, 0.5) is 0 Å². The maximum absolute atomic E-state index is 11.7. The summed E-state index contributed by atoms with van der Waals surface area (Å²) >= 11 is 0. The summed E-state index contributed by atoms with van der Waals surface area (Å²) in [7, 11) is 3.47. The summed E-state index contributed by atoms with van der Waals surface area (Å²) < 4.78 is 10.7. The van der Waals surface area contributed by atoms with Gasteiger partial charge in [0, 0.05) is 60.0 Å². The zero-order valence-corrected chi connectivity index (χ0v) is 15.3. The van der Waals surface area contributed by atoms with Gasteiger partial charge in [-0.1, -0.05) is 0 Å². The number of hydrogen-bond donors (Lipinski definition) is 2.